The molecular formula is C23H25Br2N2O3-. The molecule has 5 nitrogen and oxygen atoms in total. The molecule has 0 bridgehead atoms. The van der Waals surface area contributed by atoms with Gasteiger partial charge < -0.3 is 19.5 Å². The van der Waals surface area contributed by atoms with Gasteiger partial charge in [-0.15, -0.1) is 0 Å². The number of carboxylic acid groups (broad SMARTS) is 1. The Morgan fingerprint density at radius 1 is 1.07 bits per heavy atom. The number of rotatable bonds is 4. The van der Waals surface area contributed by atoms with Gasteiger partial charge in [0.2, 0.25) is 0 Å². The molecule has 2 aromatic carbocycles. The Morgan fingerprint density at radius 3 is 2.47 bits per heavy atom. The minimum absolute atomic E-state index is 0.0564. The van der Waals surface area contributed by atoms with E-state index in [0.29, 0.717) is 32.8 Å². The normalized spacial score (nSPS) is 22.4. The van der Waals surface area contributed by atoms with Crippen LogP contribution < -0.4 is 5.11 Å². The van der Waals surface area contributed by atoms with Crippen LogP contribution in [0.5, 0.6) is 0 Å². The van der Waals surface area contributed by atoms with Crippen LogP contribution in [0.4, 0.5) is 4.79 Å². The summed E-state index contributed by atoms with van der Waals surface area (Å²) in [5.41, 5.74) is 3.81. The number of nitrogens with zero attached hydrogens (tertiary/aromatic N) is 2. The van der Waals surface area contributed by atoms with E-state index in [0.717, 1.165) is 33.8 Å². The van der Waals surface area contributed by atoms with E-state index >= 15 is 0 Å². The zero-order valence-electron chi connectivity index (χ0n) is 16.7. The number of fused-ring (bicyclic) bond motifs is 1. The predicted molar refractivity (Wildman–Crippen MR) is 121 cm³/mol. The summed E-state index contributed by atoms with van der Waals surface area (Å²) >= 11 is 7.11. The second-order valence-corrected chi connectivity index (χ2v) is 9.78. The fourth-order valence-electron chi connectivity index (χ4n) is 4.59. The van der Waals surface area contributed by atoms with Gasteiger partial charge in [-0.1, -0.05) is 56.1 Å². The lowest BCUT2D eigenvalue weighted by Gasteiger charge is -2.43. The minimum atomic E-state index is -1.08. The number of piperazine rings is 1. The Labute approximate surface area is 194 Å². The first-order chi connectivity index (χ1) is 14.5. The highest BCUT2D eigenvalue weighted by Crippen LogP contribution is 2.36. The molecule has 2 aromatic rings. The van der Waals surface area contributed by atoms with Gasteiger partial charge in [0.25, 0.3) is 0 Å². The summed E-state index contributed by atoms with van der Waals surface area (Å²) in [6.45, 7) is 2.88. The van der Waals surface area contributed by atoms with Gasteiger partial charge in [0.15, 0.2) is 0 Å². The summed E-state index contributed by atoms with van der Waals surface area (Å²) < 4.78 is 8.58. The minimum Gasteiger partial charge on any atom is -0.530 e. The molecule has 160 valence electrons. The number of benzene rings is 2. The van der Waals surface area contributed by atoms with Gasteiger partial charge >= 0.3 is 0 Å². The maximum absolute atomic E-state index is 11.2. The molecule has 30 heavy (non-hydrogen) atoms. The van der Waals surface area contributed by atoms with Crippen molar-refractivity contribution in [2.75, 3.05) is 26.2 Å². The van der Waals surface area contributed by atoms with E-state index in [-0.39, 0.29) is 12.1 Å². The number of hydrogen-bond donors (Lipinski definition) is 0. The smallest absolute Gasteiger partial charge is 0.137 e. The van der Waals surface area contributed by atoms with Crippen LogP contribution in [0.3, 0.4) is 0 Å². The van der Waals surface area contributed by atoms with Crippen molar-refractivity contribution in [2.24, 2.45) is 0 Å². The molecule has 1 saturated heterocycles. The van der Waals surface area contributed by atoms with Crippen molar-refractivity contribution in [3.63, 3.8) is 0 Å². The summed E-state index contributed by atoms with van der Waals surface area (Å²) in [6, 6.07) is 14.9. The number of amides is 1. The third-order valence-corrected chi connectivity index (χ3v) is 6.93. The largest absolute Gasteiger partial charge is 0.530 e. The molecule has 2 unspecified atom stereocenters. The maximum Gasteiger partial charge on any atom is 0.137 e. The quantitative estimate of drug-likeness (QED) is 0.551. The van der Waals surface area contributed by atoms with E-state index < -0.39 is 6.09 Å². The molecule has 0 spiro atoms. The Morgan fingerprint density at radius 2 is 1.77 bits per heavy atom. The van der Waals surface area contributed by atoms with Gasteiger partial charge in [0, 0.05) is 35.1 Å². The maximum atomic E-state index is 11.2. The first-order valence-corrected chi connectivity index (χ1v) is 11.9. The monoisotopic (exact) mass is 535 g/mol. The lowest BCUT2D eigenvalue weighted by atomic mass is 9.95. The SMILES string of the molecule is O=C([O-])N1CCN(C2c3ccccc3CCCC2OCc2cc(Br)cc(Br)c2)CC1. The van der Waals surface area contributed by atoms with Crippen molar-refractivity contribution < 1.29 is 14.6 Å². The van der Waals surface area contributed by atoms with E-state index in [4.69, 9.17) is 4.74 Å². The molecule has 0 radical (unpaired) electrons. The molecule has 1 aliphatic carbocycles. The summed E-state index contributed by atoms with van der Waals surface area (Å²) in [7, 11) is 0. The van der Waals surface area contributed by atoms with E-state index in [9.17, 15) is 9.90 Å². The van der Waals surface area contributed by atoms with Crippen molar-refractivity contribution >= 4 is 38.0 Å². The van der Waals surface area contributed by atoms with Crippen molar-refractivity contribution in [2.45, 2.75) is 38.0 Å². The van der Waals surface area contributed by atoms with Gasteiger partial charge in [-0.05, 0) is 54.2 Å². The van der Waals surface area contributed by atoms with Crippen LogP contribution >= 0.6 is 31.9 Å². The molecule has 0 aromatic heterocycles. The Balaban J connectivity index is 1.56. The van der Waals surface area contributed by atoms with Crippen LogP contribution in [0.2, 0.25) is 0 Å². The highest BCUT2D eigenvalue weighted by molar-refractivity contribution is 9.11. The van der Waals surface area contributed by atoms with Gasteiger partial charge in [-0.25, -0.2) is 0 Å². The molecule has 2 aliphatic rings. The average molecular weight is 537 g/mol. The molecule has 7 heteroatoms. The first kappa shape index (κ1) is 21.8. The molecule has 0 N–H and O–H groups in total. The summed E-state index contributed by atoms with van der Waals surface area (Å²) in [4.78, 5) is 15.0. The molecule has 2 atom stereocenters. The Bertz CT molecular complexity index is 880. The summed E-state index contributed by atoms with van der Waals surface area (Å²) in [5, 5.41) is 11.2. The molecule has 0 saturated carbocycles. The number of carbonyl (C=O) groups is 1. The molecule has 1 fully saturated rings. The zero-order valence-corrected chi connectivity index (χ0v) is 19.9. The lowest BCUT2D eigenvalue weighted by Crippen LogP contribution is -2.54. The second kappa shape index (κ2) is 9.81. The Kier molecular flexibility index (Phi) is 7.13. The highest BCUT2D eigenvalue weighted by atomic mass is 79.9. The number of hydrogen-bond acceptors (Lipinski definition) is 4. The van der Waals surface area contributed by atoms with Crippen LogP contribution in [-0.2, 0) is 17.8 Å². The fraction of sp³-hybridized carbons (Fsp3) is 0.435. The molecule has 1 amide bonds. The van der Waals surface area contributed by atoms with Crippen molar-refractivity contribution in [1.29, 1.82) is 0 Å². The van der Waals surface area contributed by atoms with Crippen LogP contribution in [0.1, 0.15) is 35.6 Å². The highest BCUT2D eigenvalue weighted by Gasteiger charge is 2.34. The van der Waals surface area contributed by atoms with Crippen molar-refractivity contribution in [1.82, 2.24) is 9.80 Å². The van der Waals surface area contributed by atoms with Gasteiger partial charge in [0.05, 0.1) is 18.8 Å². The predicted octanol–water partition coefficient (Wildman–Crippen LogP) is 4.14. The second-order valence-electron chi connectivity index (χ2n) is 7.95. The van der Waals surface area contributed by atoms with E-state index in [1.54, 1.807) is 0 Å². The summed E-state index contributed by atoms with van der Waals surface area (Å²) in [5.74, 6) is 0. The van der Waals surface area contributed by atoms with E-state index in [1.807, 2.05) is 6.07 Å². The first-order valence-electron chi connectivity index (χ1n) is 10.4. The lowest BCUT2D eigenvalue weighted by molar-refractivity contribution is -0.267. The van der Waals surface area contributed by atoms with Crippen LogP contribution in [-0.4, -0.2) is 48.2 Å². The van der Waals surface area contributed by atoms with E-state index in [2.05, 4.69) is 73.2 Å². The van der Waals surface area contributed by atoms with Crippen molar-refractivity contribution in [3.05, 3.63) is 68.1 Å². The van der Waals surface area contributed by atoms with E-state index in [1.165, 1.54) is 16.0 Å². The molecule has 4 rings (SSSR count). The molecule has 1 heterocycles. The van der Waals surface area contributed by atoms with Gasteiger partial charge in [-0.3, -0.25) is 4.90 Å². The standard InChI is InChI=1S/C23H26Br2N2O3/c24-18-12-16(13-19(25)14-18)15-30-21-7-3-5-17-4-1-2-6-20(17)22(21)26-8-10-27(11-9-26)23(28)29/h1-2,4,6,12-14,21-22H,3,5,7-11,15H2,(H,28,29)/p-1. The van der Waals surface area contributed by atoms with Crippen LogP contribution in [0.25, 0.3) is 0 Å². The third kappa shape index (κ3) is 5.07. The summed E-state index contributed by atoms with van der Waals surface area (Å²) in [6.07, 6.45) is 2.09. The fourth-order valence-corrected chi connectivity index (χ4v) is 5.98. The number of ether oxygens (including phenoxy) is 1. The van der Waals surface area contributed by atoms with Gasteiger partial charge in [-0.2, -0.15) is 0 Å². The number of halogens is 2. The van der Waals surface area contributed by atoms with Crippen molar-refractivity contribution in [3.8, 4) is 0 Å². The third-order valence-electron chi connectivity index (χ3n) is 6.01. The van der Waals surface area contributed by atoms with Gasteiger partial charge in [0.1, 0.15) is 6.09 Å². The molecular weight excluding hydrogens is 512 g/mol. The van der Waals surface area contributed by atoms with Crippen LogP contribution in [0.15, 0.2) is 51.4 Å². The zero-order chi connectivity index (χ0) is 21.1. The van der Waals surface area contributed by atoms with Crippen LogP contribution in [0, 0.1) is 0 Å². The average Bonchev–Trinajstić information content (AvgIpc) is 2.91. The Hall–Kier alpha value is -1.41. The number of carbonyl (C=O) groups excluding carboxylic acids is 1. The molecule has 1 aliphatic heterocycles. The number of aryl methyl sites for hydroxylation is 1. The topological polar surface area (TPSA) is 55.8 Å².